The molecule has 4 aromatic rings. The smallest absolute Gasteiger partial charge is 0.241 e. The molecule has 0 aliphatic carbocycles. The highest BCUT2D eigenvalue weighted by atomic mass is 16.2. The van der Waals surface area contributed by atoms with E-state index in [4.69, 9.17) is 0 Å². The Morgan fingerprint density at radius 1 is 0.889 bits per heavy atom. The molecule has 1 aliphatic heterocycles. The molecule has 1 fully saturated rings. The standard InChI is InChI=1S/C23H18N2O2/c1-24-14-20(18-8-4-5-9-21(18)24)19-13-22(26)25(23(19)27)17-11-10-15-6-2-3-7-16(15)12-17/h2-12,14,19H,13H2,1H3/t19-/m0/s1. The first-order valence-electron chi connectivity index (χ1n) is 9.03. The van der Waals surface area contributed by atoms with Crippen LogP contribution in [0.25, 0.3) is 21.7 Å². The third kappa shape index (κ3) is 2.37. The van der Waals surface area contributed by atoms with Gasteiger partial charge in [0.05, 0.1) is 11.6 Å². The van der Waals surface area contributed by atoms with Crippen molar-refractivity contribution in [3.8, 4) is 0 Å². The summed E-state index contributed by atoms with van der Waals surface area (Å²) < 4.78 is 2.01. The number of anilines is 1. The van der Waals surface area contributed by atoms with E-state index in [9.17, 15) is 9.59 Å². The Balaban J connectivity index is 1.58. The van der Waals surface area contributed by atoms with Crippen molar-refractivity contribution < 1.29 is 9.59 Å². The molecular formula is C23H18N2O2. The van der Waals surface area contributed by atoms with E-state index in [0.717, 1.165) is 27.2 Å². The maximum Gasteiger partial charge on any atom is 0.241 e. The van der Waals surface area contributed by atoms with Gasteiger partial charge in [-0.25, -0.2) is 4.90 Å². The quantitative estimate of drug-likeness (QED) is 0.501. The lowest BCUT2D eigenvalue weighted by atomic mass is 9.97. The first kappa shape index (κ1) is 15.8. The fraction of sp³-hybridized carbons (Fsp3) is 0.130. The van der Waals surface area contributed by atoms with E-state index in [2.05, 4.69) is 0 Å². The van der Waals surface area contributed by atoms with E-state index >= 15 is 0 Å². The summed E-state index contributed by atoms with van der Waals surface area (Å²) in [5.74, 6) is -0.727. The molecule has 0 spiro atoms. The molecule has 0 saturated carbocycles. The number of nitrogens with zero attached hydrogens (tertiary/aromatic N) is 2. The second-order valence-electron chi connectivity index (χ2n) is 7.07. The Kier molecular flexibility index (Phi) is 3.41. The molecular weight excluding hydrogens is 336 g/mol. The van der Waals surface area contributed by atoms with Gasteiger partial charge in [0.15, 0.2) is 0 Å². The van der Waals surface area contributed by atoms with Gasteiger partial charge in [-0.2, -0.15) is 0 Å². The van der Waals surface area contributed by atoms with Crippen LogP contribution < -0.4 is 4.90 Å². The fourth-order valence-electron chi connectivity index (χ4n) is 4.11. The zero-order valence-corrected chi connectivity index (χ0v) is 14.9. The number of rotatable bonds is 2. The molecule has 4 heteroatoms. The number of carbonyl (C=O) groups is 2. The number of fused-ring (bicyclic) bond motifs is 2. The first-order chi connectivity index (χ1) is 13.1. The first-order valence-corrected chi connectivity index (χ1v) is 9.03. The largest absolute Gasteiger partial charge is 0.350 e. The molecule has 0 bridgehead atoms. The molecule has 1 saturated heterocycles. The second kappa shape index (κ2) is 5.81. The third-order valence-corrected chi connectivity index (χ3v) is 5.44. The van der Waals surface area contributed by atoms with Crippen LogP contribution in [0.5, 0.6) is 0 Å². The highest BCUT2D eigenvalue weighted by Gasteiger charge is 2.41. The molecule has 2 heterocycles. The van der Waals surface area contributed by atoms with Gasteiger partial charge in [0.2, 0.25) is 11.8 Å². The molecule has 0 unspecified atom stereocenters. The summed E-state index contributed by atoms with van der Waals surface area (Å²) in [6, 6.07) is 21.7. The molecule has 4 nitrogen and oxygen atoms in total. The fourth-order valence-corrected chi connectivity index (χ4v) is 4.11. The van der Waals surface area contributed by atoms with Crippen LogP contribution in [-0.4, -0.2) is 16.4 Å². The van der Waals surface area contributed by atoms with Gasteiger partial charge in [0.1, 0.15) is 0 Å². The monoisotopic (exact) mass is 354 g/mol. The third-order valence-electron chi connectivity index (χ3n) is 5.44. The Labute approximate surface area is 156 Å². The van der Waals surface area contributed by atoms with Crippen LogP contribution in [0.3, 0.4) is 0 Å². The van der Waals surface area contributed by atoms with Gasteiger partial charge in [-0.05, 0) is 34.5 Å². The number of para-hydroxylation sites is 1. The van der Waals surface area contributed by atoms with E-state index in [1.807, 2.05) is 84.5 Å². The van der Waals surface area contributed by atoms with Crippen molar-refractivity contribution in [3.05, 3.63) is 78.5 Å². The number of aryl methyl sites for hydroxylation is 1. The minimum Gasteiger partial charge on any atom is -0.350 e. The lowest BCUT2D eigenvalue weighted by Gasteiger charge is -2.15. The van der Waals surface area contributed by atoms with E-state index in [-0.39, 0.29) is 18.2 Å². The average Bonchev–Trinajstić information content (AvgIpc) is 3.18. The maximum absolute atomic E-state index is 13.2. The van der Waals surface area contributed by atoms with E-state index in [1.54, 1.807) is 0 Å². The summed E-state index contributed by atoms with van der Waals surface area (Å²) >= 11 is 0. The van der Waals surface area contributed by atoms with E-state index in [0.29, 0.717) is 5.69 Å². The molecule has 2 amide bonds. The number of aromatic nitrogens is 1. The van der Waals surface area contributed by atoms with Crippen molar-refractivity contribution in [1.29, 1.82) is 0 Å². The Morgan fingerprint density at radius 2 is 1.63 bits per heavy atom. The minimum atomic E-state index is -0.435. The summed E-state index contributed by atoms with van der Waals surface area (Å²) in [6.07, 6.45) is 2.18. The number of hydrogen-bond acceptors (Lipinski definition) is 2. The van der Waals surface area contributed by atoms with Gasteiger partial charge < -0.3 is 4.57 Å². The Morgan fingerprint density at radius 3 is 2.48 bits per heavy atom. The summed E-state index contributed by atoms with van der Waals surface area (Å²) in [7, 11) is 1.97. The number of benzene rings is 3. The molecule has 1 aromatic heterocycles. The summed E-state index contributed by atoms with van der Waals surface area (Å²) in [6.45, 7) is 0. The van der Waals surface area contributed by atoms with Crippen LogP contribution in [0.1, 0.15) is 17.9 Å². The predicted octanol–water partition coefficient (Wildman–Crippen LogP) is 4.38. The van der Waals surface area contributed by atoms with Crippen LogP contribution in [-0.2, 0) is 16.6 Å². The second-order valence-corrected chi connectivity index (χ2v) is 7.07. The van der Waals surface area contributed by atoms with Crippen molar-refractivity contribution in [3.63, 3.8) is 0 Å². The lowest BCUT2D eigenvalue weighted by molar-refractivity contribution is -0.121. The molecule has 1 aliphatic rings. The maximum atomic E-state index is 13.2. The summed E-state index contributed by atoms with van der Waals surface area (Å²) in [5.41, 5.74) is 2.64. The molecule has 3 aromatic carbocycles. The summed E-state index contributed by atoms with van der Waals surface area (Å²) in [5, 5.41) is 3.14. The number of carbonyl (C=O) groups excluding carboxylic acids is 2. The van der Waals surface area contributed by atoms with Gasteiger partial charge in [-0.3, -0.25) is 9.59 Å². The van der Waals surface area contributed by atoms with Crippen LogP contribution >= 0.6 is 0 Å². The molecule has 5 rings (SSSR count). The highest BCUT2D eigenvalue weighted by Crippen LogP contribution is 2.37. The van der Waals surface area contributed by atoms with Gasteiger partial charge in [-0.1, -0.05) is 48.5 Å². The van der Waals surface area contributed by atoms with Gasteiger partial charge in [0.25, 0.3) is 0 Å². The predicted molar refractivity (Wildman–Crippen MR) is 107 cm³/mol. The number of hydrogen-bond donors (Lipinski definition) is 0. The number of imide groups is 1. The molecule has 1 atom stereocenters. The van der Waals surface area contributed by atoms with Crippen LogP contribution in [0.2, 0.25) is 0 Å². The normalized spacial score (nSPS) is 17.4. The number of amides is 2. The highest BCUT2D eigenvalue weighted by molar-refractivity contribution is 6.23. The van der Waals surface area contributed by atoms with Gasteiger partial charge in [0, 0.05) is 30.6 Å². The van der Waals surface area contributed by atoms with Crippen molar-refractivity contribution in [1.82, 2.24) is 4.57 Å². The lowest BCUT2D eigenvalue weighted by Crippen LogP contribution is -2.29. The van der Waals surface area contributed by atoms with Crippen molar-refractivity contribution >= 4 is 39.2 Å². The SMILES string of the molecule is Cn1cc([C@@H]2CC(=O)N(c3ccc4ccccc4c3)C2=O)c2ccccc21. The Hall–Kier alpha value is -3.40. The van der Waals surface area contributed by atoms with Gasteiger partial charge in [-0.15, -0.1) is 0 Å². The zero-order chi connectivity index (χ0) is 18.5. The van der Waals surface area contributed by atoms with Crippen LogP contribution in [0, 0.1) is 0 Å². The zero-order valence-electron chi connectivity index (χ0n) is 14.9. The van der Waals surface area contributed by atoms with E-state index in [1.165, 1.54) is 4.90 Å². The minimum absolute atomic E-state index is 0.145. The molecule has 27 heavy (non-hydrogen) atoms. The molecule has 0 radical (unpaired) electrons. The van der Waals surface area contributed by atoms with Crippen molar-refractivity contribution in [2.75, 3.05) is 4.90 Å². The molecule has 132 valence electrons. The van der Waals surface area contributed by atoms with E-state index < -0.39 is 5.92 Å². The topological polar surface area (TPSA) is 42.3 Å². The summed E-state index contributed by atoms with van der Waals surface area (Å²) in [4.78, 5) is 27.3. The van der Waals surface area contributed by atoms with Crippen LogP contribution in [0.4, 0.5) is 5.69 Å². The van der Waals surface area contributed by atoms with Crippen LogP contribution in [0.15, 0.2) is 72.9 Å². The van der Waals surface area contributed by atoms with Crippen molar-refractivity contribution in [2.45, 2.75) is 12.3 Å². The average molecular weight is 354 g/mol. The van der Waals surface area contributed by atoms with Crippen molar-refractivity contribution in [2.24, 2.45) is 7.05 Å². The Bertz CT molecular complexity index is 1220. The van der Waals surface area contributed by atoms with Gasteiger partial charge >= 0.3 is 0 Å². The molecule has 0 N–H and O–H groups in total.